The molecule has 0 aliphatic rings. The van der Waals surface area contributed by atoms with Crippen molar-refractivity contribution in [3.05, 3.63) is 77.2 Å². The number of amides is 1. The van der Waals surface area contributed by atoms with E-state index >= 15 is 0 Å². The average molecular weight is 346 g/mol. The van der Waals surface area contributed by atoms with Crippen LogP contribution in [0.25, 0.3) is 0 Å². The number of aromatic nitrogens is 2. The second-order valence-electron chi connectivity index (χ2n) is 6.23. The van der Waals surface area contributed by atoms with Gasteiger partial charge in [-0.1, -0.05) is 36.8 Å². The van der Waals surface area contributed by atoms with Gasteiger partial charge in [0.2, 0.25) is 0 Å². The molecular formula is C21H22N4O. The van der Waals surface area contributed by atoms with E-state index in [-0.39, 0.29) is 11.6 Å². The maximum atomic E-state index is 12.4. The van der Waals surface area contributed by atoms with E-state index < -0.39 is 0 Å². The van der Waals surface area contributed by atoms with Crippen molar-refractivity contribution in [1.82, 2.24) is 9.97 Å². The zero-order valence-electron chi connectivity index (χ0n) is 15.2. The first-order valence-electron chi connectivity index (χ1n) is 8.62. The third-order valence-corrected chi connectivity index (χ3v) is 4.15. The molecule has 0 spiro atoms. The maximum absolute atomic E-state index is 12.4. The standard InChI is InChI=1S/C21H22N4O/c1-4-16-6-8-17(9-7-16)24-20-13-22-19(12-23-20)21(26)25-18-10-5-14(2)11-15(18)3/h5-13H,4H2,1-3H3,(H,23,24)(H,25,26). The van der Waals surface area contributed by atoms with E-state index in [4.69, 9.17) is 0 Å². The lowest BCUT2D eigenvalue weighted by atomic mass is 10.1. The predicted molar refractivity (Wildman–Crippen MR) is 105 cm³/mol. The van der Waals surface area contributed by atoms with Gasteiger partial charge in [0.1, 0.15) is 11.5 Å². The summed E-state index contributed by atoms with van der Waals surface area (Å²) < 4.78 is 0. The normalized spacial score (nSPS) is 10.4. The van der Waals surface area contributed by atoms with Gasteiger partial charge in [0, 0.05) is 11.4 Å². The largest absolute Gasteiger partial charge is 0.339 e. The highest BCUT2D eigenvalue weighted by Crippen LogP contribution is 2.18. The van der Waals surface area contributed by atoms with Gasteiger partial charge in [-0.25, -0.2) is 9.97 Å². The van der Waals surface area contributed by atoms with Gasteiger partial charge in [-0.05, 0) is 49.6 Å². The van der Waals surface area contributed by atoms with Gasteiger partial charge in [0.05, 0.1) is 12.4 Å². The molecule has 0 unspecified atom stereocenters. The molecule has 5 heteroatoms. The highest BCUT2D eigenvalue weighted by molar-refractivity contribution is 6.03. The van der Waals surface area contributed by atoms with Crippen molar-refractivity contribution >= 4 is 23.1 Å². The Balaban J connectivity index is 1.67. The van der Waals surface area contributed by atoms with Gasteiger partial charge in [-0.2, -0.15) is 0 Å². The number of nitrogens with zero attached hydrogens (tertiary/aromatic N) is 2. The molecule has 2 N–H and O–H groups in total. The van der Waals surface area contributed by atoms with Crippen LogP contribution in [0, 0.1) is 13.8 Å². The fourth-order valence-electron chi connectivity index (χ4n) is 2.62. The molecule has 0 saturated heterocycles. The molecule has 1 heterocycles. The van der Waals surface area contributed by atoms with Crippen LogP contribution in [-0.4, -0.2) is 15.9 Å². The smallest absolute Gasteiger partial charge is 0.275 e. The molecule has 1 amide bonds. The van der Waals surface area contributed by atoms with Crippen LogP contribution in [0.2, 0.25) is 0 Å². The summed E-state index contributed by atoms with van der Waals surface area (Å²) in [6.07, 6.45) is 4.04. The summed E-state index contributed by atoms with van der Waals surface area (Å²) in [5.74, 6) is 0.320. The number of hydrogen-bond acceptors (Lipinski definition) is 4. The summed E-state index contributed by atoms with van der Waals surface area (Å²) >= 11 is 0. The number of hydrogen-bond donors (Lipinski definition) is 2. The van der Waals surface area contributed by atoms with Crippen molar-refractivity contribution in [1.29, 1.82) is 0 Å². The lowest BCUT2D eigenvalue weighted by Gasteiger charge is -2.09. The first-order valence-corrected chi connectivity index (χ1v) is 8.62. The molecule has 0 bridgehead atoms. The molecule has 0 atom stereocenters. The highest BCUT2D eigenvalue weighted by atomic mass is 16.1. The Labute approximate surface area is 153 Å². The molecule has 132 valence electrons. The molecule has 2 aromatic carbocycles. The molecular weight excluding hydrogens is 324 g/mol. The van der Waals surface area contributed by atoms with Crippen molar-refractivity contribution in [3.63, 3.8) is 0 Å². The number of anilines is 3. The van der Waals surface area contributed by atoms with Gasteiger partial charge in [0.25, 0.3) is 5.91 Å². The fraction of sp³-hybridized carbons (Fsp3) is 0.190. The van der Waals surface area contributed by atoms with Crippen LogP contribution < -0.4 is 10.6 Å². The van der Waals surface area contributed by atoms with Crippen molar-refractivity contribution in [3.8, 4) is 0 Å². The number of aryl methyl sites for hydroxylation is 3. The molecule has 1 aromatic heterocycles. The summed E-state index contributed by atoms with van der Waals surface area (Å²) in [5.41, 5.74) is 5.43. The number of rotatable bonds is 5. The SMILES string of the molecule is CCc1ccc(Nc2cnc(C(=O)Nc3ccc(C)cc3C)cn2)cc1. The minimum atomic E-state index is -0.275. The molecule has 0 aliphatic heterocycles. The van der Waals surface area contributed by atoms with Gasteiger partial charge >= 0.3 is 0 Å². The molecule has 3 rings (SSSR count). The Hall–Kier alpha value is -3.21. The minimum Gasteiger partial charge on any atom is -0.339 e. The Bertz CT molecular complexity index is 902. The third kappa shape index (κ3) is 4.25. The lowest BCUT2D eigenvalue weighted by Crippen LogP contribution is -2.15. The number of nitrogens with one attached hydrogen (secondary N) is 2. The molecule has 0 fully saturated rings. The lowest BCUT2D eigenvalue weighted by molar-refractivity contribution is 0.102. The second kappa shape index (κ2) is 7.78. The van der Waals surface area contributed by atoms with Crippen molar-refractivity contribution in [2.45, 2.75) is 27.2 Å². The van der Waals surface area contributed by atoms with E-state index in [0.717, 1.165) is 28.9 Å². The zero-order chi connectivity index (χ0) is 18.5. The summed E-state index contributed by atoms with van der Waals surface area (Å²) in [5, 5.41) is 6.05. The molecule has 5 nitrogen and oxygen atoms in total. The Morgan fingerprint density at radius 1 is 1.00 bits per heavy atom. The Morgan fingerprint density at radius 2 is 1.77 bits per heavy atom. The quantitative estimate of drug-likeness (QED) is 0.705. The van der Waals surface area contributed by atoms with Crippen LogP contribution in [0.5, 0.6) is 0 Å². The summed E-state index contributed by atoms with van der Waals surface area (Å²) in [4.78, 5) is 20.9. The average Bonchev–Trinajstić information content (AvgIpc) is 2.65. The number of benzene rings is 2. The van der Waals surface area contributed by atoms with Crippen LogP contribution in [0.3, 0.4) is 0 Å². The topological polar surface area (TPSA) is 66.9 Å². The van der Waals surface area contributed by atoms with Gasteiger partial charge in [0.15, 0.2) is 0 Å². The molecule has 0 saturated carbocycles. The zero-order valence-corrected chi connectivity index (χ0v) is 15.2. The van der Waals surface area contributed by atoms with Gasteiger partial charge in [-0.15, -0.1) is 0 Å². The van der Waals surface area contributed by atoms with E-state index in [1.54, 1.807) is 6.20 Å². The van der Waals surface area contributed by atoms with Crippen molar-refractivity contribution in [2.75, 3.05) is 10.6 Å². The Kier molecular flexibility index (Phi) is 5.27. The van der Waals surface area contributed by atoms with Crippen LogP contribution in [0.15, 0.2) is 54.9 Å². The first kappa shape index (κ1) is 17.6. The summed E-state index contributed by atoms with van der Waals surface area (Å²) in [6, 6.07) is 14.0. The molecule has 3 aromatic rings. The number of carbonyl (C=O) groups excluding carboxylic acids is 1. The minimum absolute atomic E-state index is 0.275. The fourth-order valence-corrected chi connectivity index (χ4v) is 2.62. The van der Waals surface area contributed by atoms with Gasteiger partial charge in [-0.3, -0.25) is 4.79 Å². The number of carbonyl (C=O) groups is 1. The predicted octanol–water partition coefficient (Wildman–Crippen LogP) is 4.65. The van der Waals surface area contributed by atoms with Crippen LogP contribution in [-0.2, 0) is 6.42 Å². The van der Waals surface area contributed by atoms with Gasteiger partial charge < -0.3 is 10.6 Å². The van der Waals surface area contributed by atoms with E-state index in [1.165, 1.54) is 11.8 Å². The highest BCUT2D eigenvalue weighted by Gasteiger charge is 2.10. The Morgan fingerprint density at radius 3 is 2.38 bits per heavy atom. The molecule has 0 radical (unpaired) electrons. The van der Waals surface area contributed by atoms with Crippen LogP contribution >= 0.6 is 0 Å². The van der Waals surface area contributed by atoms with E-state index in [1.807, 2.05) is 44.2 Å². The van der Waals surface area contributed by atoms with Crippen LogP contribution in [0.4, 0.5) is 17.2 Å². The molecule has 0 aliphatic carbocycles. The third-order valence-electron chi connectivity index (χ3n) is 4.15. The second-order valence-corrected chi connectivity index (χ2v) is 6.23. The summed E-state index contributed by atoms with van der Waals surface area (Å²) in [7, 11) is 0. The van der Waals surface area contributed by atoms with Crippen molar-refractivity contribution in [2.24, 2.45) is 0 Å². The van der Waals surface area contributed by atoms with E-state index in [9.17, 15) is 4.79 Å². The molecule has 26 heavy (non-hydrogen) atoms. The summed E-state index contributed by atoms with van der Waals surface area (Å²) in [6.45, 7) is 6.10. The monoisotopic (exact) mass is 346 g/mol. The van der Waals surface area contributed by atoms with Crippen LogP contribution in [0.1, 0.15) is 34.1 Å². The maximum Gasteiger partial charge on any atom is 0.275 e. The van der Waals surface area contributed by atoms with Crippen molar-refractivity contribution < 1.29 is 4.79 Å². The van der Waals surface area contributed by atoms with E-state index in [0.29, 0.717) is 5.82 Å². The first-order chi connectivity index (χ1) is 12.5. The van der Waals surface area contributed by atoms with E-state index in [2.05, 4.69) is 39.7 Å².